The molecule has 4 nitrogen and oxygen atoms in total. The molecule has 8 heteroatoms. The number of nitrogens with zero attached hydrogens (tertiary/aromatic N) is 1. The van der Waals surface area contributed by atoms with Gasteiger partial charge >= 0.3 is 6.18 Å². The maximum atomic E-state index is 12.6. The first-order valence-corrected chi connectivity index (χ1v) is 8.97. The average molecular weight is 378 g/mol. The maximum Gasteiger partial charge on any atom is 0.416 e. The number of alkyl halides is 3. The number of hydrogen-bond donors (Lipinski definition) is 1. The number of sulfonamides is 1. The summed E-state index contributed by atoms with van der Waals surface area (Å²) < 4.78 is 61.2. The van der Waals surface area contributed by atoms with Gasteiger partial charge in [-0.25, -0.2) is 13.6 Å². The van der Waals surface area contributed by atoms with E-state index in [4.69, 9.17) is 5.14 Å². The Morgan fingerprint density at radius 3 is 2.12 bits per heavy atom. The van der Waals surface area contributed by atoms with Crippen LogP contribution in [-0.4, -0.2) is 14.6 Å². The van der Waals surface area contributed by atoms with Gasteiger partial charge in [0, 0.05) is 17.0 Å². The molecule has 0 aromatic heterocycles. The Bertz CT molecular complexity index is 1090. The molecule has 134 valence electrons. The van der Waals surface area contributed by atoms with E-state index in [0.717, 1.165) is 12.1 Å². The van der Waals surface area contributed by atoms with E-state index in [1.165, 1.54) is 24.4 Å². The third-order valence-corrected chi connectivity index (χ3v) is 4.73. The molecule has 3 aromatic rings. The predicted octanol–water partition coefficient (Wildman–Crippen LogP) is 4.26. The summed E-state index contributed by atoms with van der Waals surface area (Å²) in [4.78, 5) is 4.27. The topological polar surface area (TPSA) is 72.5 Å². The van der Waals surface area contributed by atoms with Crippen LogP contribution in [0.2, 0.25) is 0 Å². The van der Waals surface area contributed by atoms with Gasteiger partial charge in [-0.1, -0.05) is 36.4 Å². The molecule has 0 saturated heterocycles. The van der Waals surface area contributed by atoms with Crippen LogP contribution in [0.25, 0.3) is 10.8 Å². The largest absolute Gasteiger partial charge is 0.416 e. The summed E-state index contributed by atoms with van der Waals surface area (Å²) in [7, 11) is -3.89. The van der Waals surface area contributed by atoms with E-state index < -0.39 is 21.8 Å². The quantitative estimate of drug-likeness (QED) is 0.692. The van der Waals surface area contributed by atoms with Gasteiger partial charge in [-0.05, 0) is 29.8 Å². The normalized spacial score (nSPS) is 12.8. The molecule has 0 aliphatic heterocycles. The number of halogens is 3. The van der Waals surface area contributed by atoms with Gasteiger partial charge in [-0.2, -0.15) is 13.2 Å². The summed E-state index contributed by atoms with van der Waals surface area (Å²) >= 11 is 0. The summed E-state index contributed by atoms with van der Waals surface area (Å²) in [5, 5.41) is 6.23. The number of benzene rings is 3. The van der Waals surface area contributed by atoms with Crippen molar-refractivity contribution in [3.8, 4) is 0 Å². The fourth-order valence-electron chi connectivity index (χ4n) is 2.53. The highest BCUT2D eigenvalue weighted by molar-refractivity contribution is 7.89. The zero-order valence-electron chi connectivity index (χ0n) is 13.2. The molecule has 0 saturated carbocycles. The zero-order chi connectivity index (χ0) is 18.9. The lowest BCUT2D eigenvalue weighted by Crippen LogP contribution is -2.12. The number of rotatable bonds is 3. The van der Waals surface area contributed by atoms with Crippen LogP contribution in [0.5, 0.6) is 0 Å². The van der Waals surface area contributed by atoms with Gasteiger partial charge in [0.05, 0.1) is 16.1 Å². The Hall–Kier alpha value is -2.71. The van der Waals surface area contributed by atoms with E-state index in [1.54, 1.807) is 30.3 Å². The number of hydrogen-bond acceptors (Lipinski definition) is 3. The van der Waals surface area contributed by atoms with Crippen LogP contribution in [-0.2, 0) is 16.2 Å². The molecular weight excluding hydrogens is 365 g/mol. The van der Waals surface area contributed by atoms with Gasteiger partial charge in [-0.3, -0.25) is 4.99 Å². The molecule has 0 fully saturated rings. The molecule has 0 bridgehead atoms. The second-order valence-electron chi connectivity index (χ2n) is 5.55. The van der Waals surface area contributed by atoms with Crippen molar-refractivity contribution in [1.82, 2.24) is 0 Å². The number of primary sulfonamides is 1. The third-order valence-electron chi connectivity index (χ3n) is 3.76. The van der Waals surface area contributed by atoms with Crippen molar-refractivity contribution in [3.05, 3.63) is 71.8 Å². The molecule has 26 heavy (non-hydrogen) atoms. The average Bonchev–Trinajstić information content (AvgIpc) is 2.58. The van der Waals surface area contributed by atoms with Gasteiger partial charge in [0.25, 0.3) is 0 Å². The zero-order valence-corrected chi connectivity index (χ0v) is 14.1. The molecule has 0 aliphatic rings. The van der Waals surface area contributed by atoms with E-state index in [-0.39, 0.29) is 4.90 Å². The molecular formula is C18H13F3N2O2S. The lowest BCUT2D eigenvalue weighted by molar-refractivity contribution is -0.137. The highest BCUT2D eigenvalue weighted by Crippen LogP contribution is 2.31. The van der Waals surface area contributed by atoms with Crippen LogP contribution in [0, 0.1) is 0 Å². The minimum Gasteiger partial charge on any atom is -0.256 e. The van der Waals surface area contributed by atoms with Crippen LogP contribution in [0.15, 0.2) is 70.6 Å². The Kier molecular flexibility index (Phi) is 4.55. The van der Waals surface area contributed by atoms with Crippen LogP contribution < -0.4 is 5.14 Å². The Morgan fingerprint density at radius 1 is 0.885 bits per heavy atom. The third kappa shape index (κ3) is 3.76. The highest BCUT2D eigenvalue weighted by atomic mass is 32.2. The minimum absolute atomic E-state index is 0.0124. The molecule has 2 N–H and O–H groups in total. The first kappa shape index (κ1) is 18.1. The van der Waals surface area contributed by atoms with Gasteiger partial charge in [-0.15, -0.1) is 0 Å². The van der Waals surface area contributed by atoms with Gasteiger partial charge in [0.2, 0.25) is 10.0 Å². The van der Waals surface area contributed by atoms with Crippen molar-refractivity contribution < 1.29 is 21.6 Å². The van der Waals surface area contributed by atoms with Crippen molar-refractivity contribution in [2.45, 2.75) is 11.1 Å². The van der Waals surface area contributed by atoms with Crippen LogP contribution >= 0.6 is 0 Å². The predicted molar refractivity (Wildman–Crippen MR) is 94.0 cm³/mol. The Labute approximate surface area is 147 Å². The van der Waals surface area contributed by atoms with E-state index in [9.17, 15) is 21.6 Å². The SMILES string of the molecule is NS(=O)(=O)c1cccc2c(N=Cc3ccc(C(F)(F)F)cc3)cccc12. The first-order valence-electron chi connectivity index (χ1n) is 7.42. The molecule has 0 radical (unpaired) electrons. The lowest BCUT2D eigenvalue weighted by atomic mass is 10.1. The summed E-state index contributed by atoms with van der Waals surface area (Å²) in [6, 6.07) is 14.2. The van der Waals surface area contributed by atoms with E-state index in [1.807, 2.05) is 0 Å². The fraction of sp³-hybridized carbons (Fsp3) is 0.0556. The Morgan fingerprint density at radius 2 is 1.50 bits per heavy atom. The van der Waals surface area contributed by atoms with Gasteiger partial charge in [0.15, 0.2) is 0 Å². The van der Waals surface area contributed by atoms with Crippen molar-refractivity contribution in [2.75, 3.05) is 0 Å². The molecule has 0 aliphatic carbocycles. The molecule has 0 heterocycles. The summed E-state index contributed by atoms with van der Waals surface area (Å²) in [6.07, 6.45) is -2.98. The Balaban J connectivity index is 2.00. The second kappa shape index (κ2) is 6.54. The van der Waals surface area contributed by atoms with Crippen molar-refractivity contribution in [1.29, 1.82) is 0 Å². The summed E-state index contributed by atoms with van der Waals surface area (Å²) in [5.74, 6) is 0. The smallest absolute Gasteiger partial charge is 0.256 e. The van der Waals surface area contributed by atoms with Gasteiger partial charge < -0.3 is 0 Å². The van der Waals surface area contributed by atoms with Crippen LogP contribution in [0.4, 0.5) is 18.9 Å². The van der Waals surface area contributed by atoms with E-state index >= 15 is 0 Å². The minimum atomic E-state index is -4.39. The first-order chi connectivity index (χ1) is 12.2. The molecule has 0 unspecified atom stereocenters. The van der Waals surface area contributed by atoms with E-state index in [0.29, 0.717) is 22.0 Å². The molecule has 0 spiro atoms. The summed E-state index contributed by atoms with van der Waals surface area (Å²) in [6.45, 7) is 0. The maximum absolute atomic E-state index is 12.6. The van der Waals surface area contributed by atoms with Gasteiger partial charge in [0.1, 0.15) is 0 Å². The monoisotopic (exact) mass is 378 g/mol. The lowest BCUT2D eigenvalue weighted by Gasteiger charge is -2.07. The number of aliphatic imine (C=N–C) groups is 1. The van der Waals surface area contributed by atoms with E-state index in [2.05, 4.69) is 4.99 Å². The van der Waals surface area contributed by atoms with Crippen molar-refractivity contribution in [3.63, 3.8) is 0 Å². The van der Waals surface area contributed by atoms with Crippen molar-refractivity contribution in [2.24, 2.45) is 10.1 Å². The van der Waals surface area contributed by atoms with Crippen molar-refractivity contribution >= 4 is 32.7 Å². The highest BCUT2D eigenvalue weighted by Gasteiger charge is 2.29. The van der Waals surface area contributed by atoms with Crippen LogP contribution in [0.1, 0.15) is 11.1 Å². The number of fused-ring (bicyclic) bond motifs is 1. The molecule has 3 aromatic carbocycles. The molecule has 3 rings (SSSR count). The standard InChI is InChI=1S/C18H13F3N2O2S/c19-18(20,21)13-9-7-12(8-10-13)11-23-16-5-1-4-15-14(16)3-2-6-17(15)26(22,24)25/h1-11H,(H2,22,24,25). The fourth-order valence-corrected chi connectivity index (χ4v) is 3.28. The summed E-state index contributed by atoms with van der Waals surface area (Å²) in [5.41, 5.74) is 0.225. The molecule has 0 atom stereocenters. The molecule has 0 amide bonds. The second-order valence-corrected chi connectivity index (χ2v) is 7.08. The number of nitrogens with two attached hydrogens (primary N) is 1. The van der Waals surface area contributed by atoms with Crippen LogP contribution in [0.3, 0.4) is 0 Å².